The van der Waals surface area contributed by atoms with E-state index in [9.17, 15) is 13.2 Å². The minimum atomic E-state index is -3.41. The third-order valence-electron chi connectivity index (χ3n) is 1.70. The highest BCUT2D eigenvalue weighted by Gasteiger charge is 2.18. The number of nitrogens with one attached hydrogen (secondary N) is 1. The number of esters is 1. The molecule has 0 saturated carbocycles. The number of halogens is 1. The number of hydrogen-bond acceptors (Lipinski definition) is 5. The van der Waals surface area contributed by atoms with Gasteiger partial charge in [0.2, 0.25) is 10.0 Å². The number of alkyl halides is 1. The summed E-state index contributed by atoms with van der Waals surface area (Å²) >= 11 is 5.57. The van der Waals surface area contributed by atoms with E-state index in [1.165, 1.54) is 14.2 Å². The third-order valence-corrected chi connectivity index (χ3v) is 3.47. The molecule has 0 bridgehead atoms. The number of ether oxygens (including phenoxy) is 2. The SMILES string of the molecule is COCCCS(=O)(=O)NCC(Cl)C(=O)OC. The van der Waals surface area contributed by atoms with Gasteiger partial charge in [-0.15, -0.1) is 11.6 Å². The van der Waals surface area contributed by atoms with E-state index in [1.54, 1.807) is 0 Å². The van der Waals surface area contributed by atoms with Crippen LogP contribution in [-0.4, -0.2) is 52.9 Å². The molecule has 0 saturated heterocycles. The zero-order valence-corrected chi connectivity index (χ0v) is 10.8. The Morgan fingerprint density at radius 1 is 1.44 bits per heavy atom. The molecule has 0 aliphatic heterocycles. The van der Waals surface area contributed by atoms with Crippen molar-refractivity contribution < 1.29 is 22.7 Å². The summed E-state index contributed by atoms with van der Waals surface area (Å²) < 4.78 is 34.0. The van der Waals surface area contributed by atoms with Gasteiger partial charge >= 0.3 is 5.97 Å². The van der Waals surface area contributed by atoms with Crippen molar-refractivity contribution in [3.63, 3.8) is 0 Å². The maximum absolute atomic E-state index is 11.3. The van der Waals surface area contributed by atoms with Crippen molar-refractivity contribution in [2.75, 3.05) is 33.1 Å². The van der Waals surface area contributed by atoms with Crippen molar-refractivity contribution >= 4 is 27.6 Å². The second-order valence-corrected chi connectivity index (χ2v) is 5.46. The highest BCUT2D eigenvalue weighted by molar-refractivity contribution is 7.89. The first-order chi connectivity index (χ1) is 7.43. The van der Waals surface area contributed by atoms with E-state index in [-0.39, 0.29) is 12.3 Å². The van der Waals surface area contributed by atoms with Crippen LogP contribution in [0.2, 0.25) is 0 Å². The van der Waals surface area contributed by atoms with Crippen molar-refractivity contribution in [1.82, 2.24) is 4.72 Å². The Labute approximate surface area is 100 Å². The van der Waals surface area contributed by atoms with Gasteiger partial charge in [-0.2, -0.15) is 0 Å². The van der Waals surface area contributed by atoms with Gasteiger partial charge in [-0.05, 0) is 6.42 Å². The lowest BCUT2D eigenvalue weighted by Gasteiger charge is -2.09. The predicted molar refractivity (Wildman–Crippen MR) is 59.9 cm³/mol. The average Bonchev–Trinajstić information content (AvgIpc) is 2.25. The summed E-state index contributed by atoms with van der Waals surface area (Å²) in [6, 6.07) is 0. The van der Waals surface area contributed by atoms with E-state index in [0.29, 0.717) is 13.0 Å². The van der Waals surface area contributed by atoms with E-state index in [0.717, 1.165) is 0 Å². The van der Waals surface area contributed by atoms with E-state index >= 15 is 0 Å². The molecule has 1 unspecified atom stereocenters. The molecule has 96 valence electrons. The number of rotatable bonds is 8. The van der Waals surface area contributed by atoms with E-state index in [2.05, 4.69) is 9.46 Å². The lowest BCUT2D eigenvalue weighted by Crippen LogP contribution is -2.35. The van der Waals surface area contributed by atoms with Crippen molar-refractivity contribution in [2.45, 2.75) is 11.8 Å². The van der Waals surface area contributed by atoms with Crippen LogP contribution in [0.3, 0.4) is 0 Å². The Hall–Kier alpha value is -0.370. The highest BCUT2D eigenvalue weighted by Crippen LogP contribution is 1.98. The molecule has 1 N–H and O–H groups in total. The standard InChI is InChI=1S/C8H16ClNO5S/c1-14-4-3-5-16(12,13)10-6-7(9)8(11)15-2/h7,10H,3-6H2,1-2H3. The minimum Gasteiger partial charge on any atom is -0.468 e. The van der Waals surface area contributed by atoms with Crippen LogP contribution in [0.25, 0.3) is 0 Å². The quantitative estimate of drug-likeness (QED) is 0.374. The predicted octanol–water partition coefficient (Wildman–Crippen LogP) is -0.277. The normalized spacial score (nSPS) is 13.4. The Kier molecular flexibility index (Phi) is 7.65. The molecule has 0 aromatic carbocycles. The van der Waals surface area contributed by atoms with Gasteiger partial charge in [-0.3, -0.25) is 4.79 Å². The zero-order chi connectivity index (χ0) is 12.6. The van der Waals surface area contributed by atoms with Gasteiger partial charge in [-0.1, -0.05) is 0 Å². The van der Waals surface area contributed by atoms with Gasteiger partial charge in [0, 0.05) is 20.3 Å². The van der Waals surface area contributed by atoms with Gasteiger partial charge in [0.25, 0.3) is 0 Å². The van der Waals surface area contributed by atoms with Crippen LogP contribution in [0.15, 0.2) is 0 Å². The molecule has 8 heteroatoms. The molecule has 0 radical (unpaired) electrons. The van der Waals surface area contributed by atoms with Crippen molar-refractivity contribution in [1.29, 1.82) is 0 Å². The molecule has 0 aromatic rings. The maximum atomic E-state index is 11.3. The Morgan fingerprint density at radius 2 is 2.06 bits per heavy atom. The summed E-state index contributed by atoms with van der Waals surface area (Å²) in [5.74, 6) is -0.729. The van der Waals surface area contributed by atoms with E-state index in [1.807, 2.05) is 0 Å². The molecule has 1 atom stereocenters. The highest BCUT2D eigenvalue weighted by atomic mass is 35.5. The molecule has 0 fully saturated rings. The summed E-state index contributed by atoms with van der Waals surface area (Å²) in [6.07, 6.45) is 0.386. The fourth-order valence-electron chi connectivity index (χ4n) is 0.877. The Bertz CT molecular complexity index is 306. The summed E-state index contributed by atoms with van der Waals surface area (Å²) in [5.41, 5.74) is 0. The zero-order valence-electron chi connectivity index (χ0n) is 9.23. The largest absolute Gasteiger partial charge is 0.468 e. The summed E-state index contributed by atoms with van der Waals surface area (Å²) in [6.45, 7) is 0.186. The molecule has 0 aromatic heterocycles. The number of carbonyl (C=O) groups is 1. The number of hydrogen-bond donors (Lipinski definition) is 1. The van der Waals surface area contributed by atoms with Crippen LogP contribution in [0, 0.1) is 0 Å². The number of sulfonamides is 1. The van der Waals surface area contributed by atoms with Gasteiger partial charge < -0.3 is 9.47 Å². The van der Waals surface area contributed by atoms with E-state index in [4.69, 9.17) is 16.3 Å². The maximum Gasteiger partial charge on any atom is 0.325 e. The van der Waals surface area contributed by atoms with Crippen LogP contribution >= 0.6 is 11.6 Å². The second-order valence-electron chi connectivity index (χ2n) is 3.00. The van der Waals surface area contributed by atoms with Gasteiger partial charge in [0.1, 0.15) is 5.38 Å². The van der Waals surface area contributed by atoms with Crippen LogP contribution in [0.5, 0.6) is 0 Å². The monoisotopic (exact) mass is 273 g/mol. The topological polar surface area (TPSA) is 81.7 Å². The first-order valence-corrected chi connectivity index (χ1v) is 6.70. The Balaban J connectivity index is 3.94. The third kappa shape index (κ3) is 7.00. The van der Waals surface area contributed by atoms with E-state index < -0.39 is 21.4 Å². The number of carbonyl (C=O) groups excluding carboxylic acids is 1. The van der Waals surface area contributed by atoms with Gasteiger partial charge in [0.05, 0.1) is 12.9 Å². The average molecular weight is 274 g/mol. The first kappa shape index (κ1) is 15.6. The van der Waals surface area contributed by atoms with Crippen LogP contribution in [0.4, 0.5) is 0 Å². The molecule has 0 aliphatic carbocycles. The molecule has 0 rings (SSSR count). The fraction of sp³-hybridized carbons (Fsp3) is 0.875. The molecule has 0 aliphatic rings. The van der Waals surface area contributed by atoms with Gasteiger partial charge in [-0.25, -0.2) is 13.1 Å². The Morgan fingerprint density at radius 3 is 2.56 bits per heavy atom. The lowest BCUT2D eigenvalue weighted by atomic mass is 10.4. The van der Waals surface area contributed by atoms with Crippen LogP contribution < -0.4 is 4.72 Å². The minimum absolute atomic E-state index is 0.0639. The lowest BCUT2D eigenvalue weighted by molar-refractivity contribution is -0.140. The second kappa shape index (κ2) is 7.83. The molecule has 16 heavy (non-hydrogen) atoms. The molecular formula is C8H16ClNO5S. The molecule has 0 heterocycles. The smallest absolute Gasteiger partial charge is 0.325 e. The van der Waals surface area contributed by atoms with Crippen molar-refractivity contribution in [2.24, 2.45) is 0 Å². The summed E-state index contributed by atoms with van der Waals surface area (Å²) in [4.78, 5) is 10.9. The molecular weight excluding hydrogens is 258 g/mol. The fourth-order valence-corrected chi connectivity index (χ4v) is 2.20. The van der Waals surface area contributed by atoms with Crippen LogP contribution in [-0.2, 0) is 24.3 Å². The summed E-state index contributed by atoms with van der Waals surface area (Å²) in [5, 5.41) is -1.01. The number of methoxy groups -OCH3 is 2. The molecule has 0 amide bonds. The summed E-state index contributed by atoms with van der Waals surface area (Å²) in [7, 11) is -0.735. The molecule has 6 nitrogen and oxygen atoms in total. The van der Waals surface area contributed by atoms with Crippen LogP contribution in [0.1, 0.15) is 6.42 Å². The van der Waals surface area contributed by atoms with Gasteiger partial charge in [0.15, 0.2) is 0 Å². The van der Waals surface area contributed by atoms with Crippen molar-refractivity contribution in [3.05, 3.63) is 0 Å². The molecule has 0 spiro atoms. The van der Waals surface area contributed by atoms with Crippen molar-refractivity contribution in [3.8, 4) is 0 Å². The first-order valence-electron chi connectivity index (χ1n) is 4.61.